The third kappa shape index (κ3) is 2.37. The van der Waals surface area contributed by atoms with Crippen molar-refractivity contribution in [2.75, 3.05) is 19.7 Å². The number of fused-ring (bicyclic) bond motifs is 1. The van der Waals surface area contributed by atoms with E-state index in [1.807, 2.05) is 0 Å². The van der Waals surface area contributed by atoms with Crippen LogP contribution in [0.15, 0.2) is 18.2 Å². The summed E-state index contributed by atoms with van der Waals surface area (Å²) in [6.45, 7) is 6.98. The highest BCUT2D eigenvalue weighted by molar-refractivity contribution is 5.42. The third-order valence-electron chi connectivity index (χ3n) is 4.29. The summed E-state index contributed by atoms with van der Waals surface area (Å²) >= 11 is 0. The maximum Gasteiger partial charge on any atom is 0.126 e. The quantitative estimate of drug-likeness (QED) is 0.907. The third-order valence-corrected chi connectivity index (χ3v) is 4.29. The largest absolute Gasteiger partial charge is 0.485 e. The van der Waals surface area contributed by atoms with Crippen molar-refractivity contribution >= 4 is 0 Å². The average molecular weight is 261 g/mol. The van der Waals surface area contributed by atoms with E-state index in [9.17, 15) is 0 Å². The molecule has 1 saturated heterocycles. The second-order valence-corrected chi connectivity index (χ2v) is 5.59. The van der Waals surface area contributed by atoms with Gasteiger partial charge in [0.1, 0.15) is 11.4 Å². The molecule has 0 aliphatic carbocycles. The fraction of sp³-hybridized carbons (Fsp3) is 0.625. The molecular weight excluding hydrogens is 238 g/mol. The van der Waals surface area contributed by atoms with Gasteiger partial charge in [-0.1, -0.05) is 19.1 Å². The van der Waals surface area contributed by atoms with E-state index in [2.05, 4.69) is 37.4 Å². The van der Waals surface area contributed by atoms with Gasteiger partial charge < -0.3 is 14.8 Å². The predicted molar refractivity (Wildman–Crippen MR) is 75.6 cm³/mol. The highest BCUT2D eigenvalue weighted by atomic mass is 16.5. The highest BCUT2D eigenvalue weighted by Crippen LogP contribution is 2.44. The zero-order valence-corrected chi connectivity index (χ0v) is 11.9. The van der Waals surface area contributed by atoms with Gasteiger partial charge in [-0.3, -0.25) is 0 Å². The topological polar surface area (TPSA) is 30.5 Å². The van der Waals surface area contributed by atoms with Crippen LogP contribution in [0.3, 0.4) is 0 Å². The molecule has 0 saturated carbocycles. The van der Waals surface area contributed by atoms with Crippen molar-refractivity contribution in [2.24, 2.45) is 0 Å². The monoisotopic (exact) mass is 261 g/mol. The van der Waals surface area contributed by atoms with Gasteiger partial charge in [0.25, 0.3) is 0 Å². The molecule has 0 amide bonds. The van der Waals surface area contributed by atoms with Crippen molar-refractivity contribution in [2.45, 2.75) is 44.8 Å². The van der Waals surface area contributed by atoms with Crippen LogP contribution in [0.1, 0.15) is 43.9 Å². The molecule has 19 heavy (non-hydrogen) atoms. The van der Waals surface area contributed by atoms with Gasteiger partial charge in [0, 0.05) is 31.6 Å². The van der Waals surface area contributed by atoms with Crippen LogP contribution < -0.4 is 10.1 Å². The Bertz CT molecular complexity index is 452. The van der Waals surface area contributed by atoms with E-state index < -0.39 is 0 Å². The van der Waals surface area contributed by atoms with E-state index >= 15 is 0 Å². The lowest BCUT2D eigenvalue weighted by molar-refractivity contribution is -0.0354. The summed E-state index contributed by atoms with van der Waals surface area (Å²) in [6, 6.07) is 6.57. The average Bonchev–Trinajstić information content (AvgIpc) is 2.86. The molecule has 1 aromatic rings. The summed E-state index contributed by atoms with van der Waals surface area (Å²) in [4.78, 5) is 0. The molecule has 2 aliphatic heterocycles. The summed E-state index contributed by atoms with van der Waals surface area (Å²) in [5, 5.41) is 3.42. The summed E-state index contributed by atoms with van der Waals surface area (Å²) in [5.74, 6) is 1.03. The second-order valence-electron chi connectivity index (χ2n) is 5.59. The first kappa shape index (κ1) is 12.9. The molecule has 2 unspecified atom stereocenters. The summed E-state index contributed by atoms with van der Waals surface area (Å²) in [6.07, 6.45) is 3.26. The Morgan fingerprint density at radius 1 is 1.42 bits per heavy atom. The lowest BCUT2D eigenvalue weighted by Gasteiger charge is -2.39. The molecule has 2 heterocycles. The minimum absolute atomic E-state index is 0.0563. The van der Waals surface area contributed by atoms with Crippen LogP contribution in [-0.2, 0) is 11.2 Å². The van der Waals surface area contributed by atoms with Crippen LogP contribution in [0.4, 0.5) is 0 Å². The smallest absolute Gasteiger partial charge is 0.126 e. The van der Waals surface area contributed by atoms with Crippen molar-refractivity contribution in [1.29, 1.82) is 0 Å². The van der Waals surface area contributed by atoms with Gasteiger partial charge >= 0.3 is 0 Å². The Morgan fingerprint density at radius 2 is 2.32 bits per heavy atom. The Hall–Kier alpha value is -1.06. The first-order valence-corrected chi connectivity index (χ1v) is 7.40. The van der Waals surface area contributed by atoms with Gasteiger partial charge in [0.15, 0.2) is 0 Å². The lowest BCUT2D eigenvalue weighted by Crippen LogP contribution is -2.43. The molecule has 3 rings (SSSR count). The molecule has 2 atom stereocenters. The van der Waals surface area contributed by atoms with E-state index in [-0.39, 0.29) is 11.7 Å². The molecular formula is C16H23NO2. The molecule has 104 valence electrons. The number of nitrogens with one attached hydrogen (secondary N) is 1. The maximum atomic E-state index is 6.36. The number of rotatable bonds is 3. The van der Waals surface area contributed by atoms with E-state index in [0.717, 1.165) is 44.7 Å². The Morgan fingerprint density at radius 3 is 3.00 bits per heavy atom. The first-order chi connectivity index (χ1) is 9.26. The van der Waals surface area contributed by atoms with Crippen molar-refractivity contribution in [3.63, 3.8) is 0 Å². The molecule has 1 N–H and O–H groups in total. The minimum Gasteiger partial charge on any atom is -0.485 e. The van der Waals surface area contributed by atoms with Crippen LogP contribution in [0.2, 0.25) is 0 Å². The normalized spacial score (nSPS) is 29.3. The van der Waals surface area contributed by atoms with Crippen molar-refractivity contribution in [1.82, 2.24) is 5.32 Å². The predicted octanol–water partition coefficient (Wildman–Crippen LogP) is 2.84. The molecule has 0 aromatic heterocycles. The van der Waals surface area contributed by atoms with Gasteiger partial charge in [0.05, 0.1) is 6.10 Å². The van der Waals surface area contributed by atoms with Crippen LogP contribution in [0.5, 0.6) is 5.75 Å². The second kappa shape index (κ2) is 5.14. The molecule has 1 spiro atoms. The molecule has 1 fully saturated rings. The van der Waals surface area contributed by atoms with Crippen molar-refractivity contribution in [3.05, 3.63) is 29.3 Å². The Balaban J connectivity index is 1.96. The minimum atomic E-state index is -0.0563. The lowest BCUT2D eigenvalue weighted by atomic mass is 9.87. The van der Waals surface area contributed by atoms with Gasteiger partial charge in [-0.25, -0.2) is 0 Å². The van der Waals surface area contributed by atoms with Crippen LogP contribution in [0, 0.1) is 0 Å². The number of hydrogen-bond donors (Lipinski definition) is 1. The summed E-state index contributed by atoms with van der Waals surface area (Å²) < 4.78 is 12.3. The molecule has 0 radical (unpaired) electrons. The van der Waals surface area contributed by atoms with Crippen LogP contribution in [0.25, 0.3) is 0 Å². The standard InChI is InChI=1S/C16H23NO2/c1-3-12-5-6-13-14(9-12)19-16(7-8-17-11-16)10-15(13)18-4-2/h5-6,9,15,17H,3-4,7-8,10-11H2,1-2H3. The van der Waals surface area contributed by atoms with Crippen molar-refractivity contribution < 1.29 is 9.47 Å². The summed E-state index contributed by atoms with van der Waals surface area (Å²) in [5.41, 5.74) is 2.49. The van der Waals surface area contributed by atoms with Crippen molar-refractivity contribution in [3.8, 4) is 5.75 Å². The molecule has 3 heteroatoms. The highest BCUT2D eigenvalue weighted by Gasteiger charge is 2.43. The van der Waals surface area contributed by atoms with E-state index in [0.29, 0.717) is 0 Å². The van der Waals surface area contributed by atoms with E-state index in [1.165, 1.54) is 11.1 Å². The van der Waals surface area contributed by atoms with Gasteiger partial charge in [-0.2, -0.15) is 0 Å². The van der Waals surface area contributed by atoms with Gasteiger partial charge in [0.2, 0.25) is 0 Å². The molecule has 3 nitrogen and oxygen atoms in total. The number of aryl methyl sites for hydroxylation is 1. The SMILES string of the molecule is CCOC1CC2(CCNC2)Oc2cc(CC)ccc21. The zero-order chi connectivity index (χ0) is 13.3. The Kier molecular flexibility index (Phi) is 3.50. The van der Waals surface area contributed by atoms with Gasteiger partial charge in [-0.15, -0.1) is 0 Å². The number of benzene rings is 1. The van der Waals surface area contributed by atoms with E-state index in [1.54, 1.807) is 0 Å². The fourth-order valence-electron chi connectivity index (χ4n) is 3.21. The molecule has 0 bridgehead atoms. The molecule has 2 aliphatic rings. The maximum absolute atomic E-state index is 6.36. The first-order valence-electron chi connectivity index (χ1n) is 7.40. The zero-order valence-electron chi connectivity index (χ0n) is 11.9. The van der Waals surface area contributed by atoms with Crippen LogP contribution >= 0.6 is 0 Å². The Labute approximate surface area is 115 Å². The summed E-state index contributed by atoms with van der Waals surface area (Å²) in [7, 11) is 0. The fourth-order valence-corrected chi connectivity index (χ4v) is 3.21. The van der Waals surface area contributed by atoms with E-state index in [4.69, 9.17) is 9.47 Å². The van der Waals surface area contributed by atoms with Gasteiger partial charge in [-0.05, 0) is 31.5 Å². The number of ether oxygens (including phenoxy) is 2. The molecule has 1 aromatic carbocycles. The number of hydrogen-bond acceptors (Lipinski definition) is 3. The van der Waals surface area contributed by atoms with Crippen LogP contribution in [-0.4, -0.2) is 25.3 Å².